The van der Waals surface area contributed by atoms with Gasteiger partial charge < -0.3 is 9.64 Å². The Morgan fingerprint density at radius 3 is 2.67 bits per heavy atom. The maximum absolute atomic E-state index is 12.5. The van der Waals surface area contributed by atoms with Crippen LogP contribution in [0.4, 0.5) is 11.4 Å². The highest BCUT2D eigenvalue weighted by Gasteiger charge is 2.26. The number of anilines is 1. The number of carbonyl (C=O) groups is 1. The molecular weight excluding hydrogens is 272 g/mol. The van der Waals surface area contributed by atoms with Crippen molar-refractivity contribution in [3.63, 3.8) is 0 Å². The van der Waals surface area contributed by atoms with Gasteiger partial charge in [0.1, 0.15) is 12.4 Å². The van der Waals surface area contributed by atoms with Crippen LogP contribution in [0.5, 0.6) is 5.75 Å². The zero-order chi connectivity index (χ0) is 14.8. The Hall–Kier alpha value is -2.89. The van der Waals surface area contributed by atoms with E-state index in [1.807, 2.05) is 6.07 Å². The van der Waals surface area contributed by atoms with Crippen LogP contribution in [-0.2, 0) is 0 Å². The fourth-order valence-electron chi connectivity index (χ4n) is 2.27. The highest BCUT2D eigenvalue weighted by molar-refractivity contribution is 6.07. The van der Waals surface area contributed by atoms with E-state index in [4.69, 9.17) is 4.74 Å². The Kier molecular flexibility index (Phi) is 3.27. The van der Waals surface area contributed by atoms with Crippen molar-refractivity contribution < 1.29 is 14.5 Å². The van der Waals surface area contributed by atoms with Crippen molar-refractivity contribution in [2.75, 3.05) is 18.1 Å². The standard InChI is InChI=1S/C15H12N2O4/c18-15(11-4-2-1-3-5-11)16-8-9-21-14-7-6-12(17(19)20)10-13(14)16/h1-7,10H,8-9H2. The van der Waals surface area contributed by atoms with Crippen LogP contribution in [0.25, 0.3) is 0 Å². The van der Waals surface area contributed by atoms with Crippen molar-refractivity contribution in [2.24, 2.45) is 0 Å². The first kappa shape index (κ1) is 13.1. The molecule has 0 fully saturated rings. The summed E-state index contributed by atoms with van der Waals surface area (Å²) in [5, 5.41) is 10.9. The minimum atomic E-state index is -0.486. The third kappa shape index (κ3) is 2.43. The normalized spacial score (nSPS) is 13.2. The van der Waals surface area contributed by atoms with Crippen molar-refractivity contribution in [2.45, 2.75) is 0 Å². The summed E-state index contributed by atoms with van der Waals surface area (Å²) in [4.78, 5) is 24.5. The van der Waals surface area contributed by atoms with Crippen LogP contribution in [0.1, 0.15) is 10.4 Å². The zero-order valence-corrected chi connectivity index (χ0v) is 11.1. The molecule has 0 spiro atoms. The van der Waals surface area contributed by atoms with Crippen LogP contribution in [0.15, 0.2) is 48.5 Å². The molecule has 6 nitrogen and oxygen atoms in total. The summed E-state index contributed by atoms with van der Waals surface area (Å²) in [5.74, 6) is 0.289. The number of rotatable bonds is 2. The molecule has 106 valence electrons. The van der Waals surface area contributed by atoms with Crippen LogP contribution in [0, 0.1) is 10.1 Å². The van der Waals surface area contributed by atoms with Gasteiger partial charge in [-0.25, -0.2) is 0 Å². The van der Waals surface area contributed by atoms with Gasteiger partial charge in [0, 0.05) is 17.7 Å². The Bertz CT molecular complexity index is 700. The van der Waals surface area contributed by atoms with Gasteiger partial charge in [0.2, 0.25) is 0 Å². The van der Waals surface area contributed by atoms with E-state index < -0.39 is 4.92 Å². The van der Waals surface area contributed by atoms with E-state index in [-0.39, 0.29) is 11.6 Å². The number of amides is 1. The minimum Gasteiger partial charge on any atom is -0.490 e. The minimum absolute atomic E-state index is 0.0647. The molecule has 3 rings (SSSR count). The number of benzene rings is 2. The van der Waals surface area contributed by atoms with E-state index in [0.717, 1.165) is 0 Å². The number of nitrogens with zero attached hydrogens (tertiary/aromatic N) is 2. The molecule has 0 aromatic heterocycles. The predicted octanol–water partition coefficient (Wildman–Crippen LogP) is 2.63. The molecule has 0 bridgehead atoms. The Morgan fingerprint density at radius 2 is 1.95 bits per heavy atom. The predicted molar refractivity (Wildman–Crippen MR) is 76.7 cm³/mol. The van der Waals surface area contributed by atoms with Crippen LogP contribution in [0.2, 0.25) is 0 Å². The molecule has 2 aromatic carbocycles. The number of fused-ring (bicyclic) bond motifs is 1. The summed E-state index contributed by atoms with van der Waals surface area (Å²) in [7, 11) is 0. The van der Waals surface area contributed by atoms with Gasteiger partial charge in [-0.3, -0.25) is 14.9 Å². The molecule has 0 aliphatic carbocycles. The number of carbonyl (C=O) groups excluding carboxylic acids is 1. The quantitative estimate of drug-likeness (QED) is 0.627. The van der Waals surface area contributed by atoms with Crippen molar-refractivity contribution in [3.05, 3.63) is 64.2 Å². The lowest BCUT2D eigenvalue weighted by Gasteiger charge is -2.29. The van der Waals surface area contributed by atoms with Crippen molar-refractivity contribution in [1.29, 1.82) is 0 Å². The second-order valence-electron chi connectivity index (χ2n) is 4.58. The largest absolute Gasteiger partial charge is 0.490 e. The van der Waals surface area contributed by atoms with E-state index in [2.05, 4.69) is 0 Å². The highest BCUT2D eigenvalue weighted by Crippen LogP contribution is 2.35. The molecular formula is C15H12N2O4. The number of nitro benzene ring substituents is 1. The van der Waals surface area contributed by atoms with Gasteiger partial charge in [0.05, 0.1) is 17.2 Å². The average Bonchev–Trinajstić information content (AvgIpc) is 2.54. The third-order valence-corrected chi connectivity index (χ3v) is 3.28. The second-order valence-corrected chi connectivity index (χ2v) is 4.58. The fraction of sp³-hybridized carbons (Fsp3) is 0.133. The zero-order valence-electron chi connectivity index (χ0n) is 11.1. The lowest BCUT2D eigenvalue weighted by Crippen LogP contribution is -2.37. The Balaban J connectivity index is 2.01. The maximum atomic E-state index is 12.5. The molecule has 1 amide bonds. The Labute approximate surface area is 120 Å². The van der Waals surface area contributed by atoms with Gasteiger partial charge in [-0.1, -0.05) is 18.2 Å². The second kappa shape index (κ2) is 5.24. The summed E-state index contributed by atoms with van der Waals surface area (Å²) in [5.41, 5.74) is 0.909. The lowest BCUT2D eigenvalue weighted by atomic mass is 10.1. The van der Waals surface area contributed by atoms with Gasteiger partial charge in [-0.05, 0) is 18.2 Å². The van der Waals surface area contributed by atoms with Crippen LogP contribution < -0.4 is 9.64 Å². The maximum Gasteiger partial charge on any atom is 0.271 e. The summed E-state index contributed by atoms with van der Waals surface area (Å²) in [6, 6.07) is 13.1. The molecule has 0 atom stereocenters. The van der Waals surface area contributed by atoms with E-state index >= 15 is 0 Å². The molecule has 1 aliphatic rings. The number of nitro groups is 1. The molecule has 1 aliphatic heterocycles. The van der Waals surface area contributed by atoms with E-state index in [1.165, 1.54) is 23.1 Å². The van der Waals surface area contributed by atoms with E-state index in [9.17, 15) is 14.9 Å². The highest BCUT2D eigenvalue weighted by atomic mass is 16.6. The number of hydrogen-bond acceptors (Lipinski definition) is 4. The number of non-ortho nitro benzene ring substituents is 1. The van der Waals surface area contributed by atoms with E-state index in [0.29, 0.717) is 30.2 Å². The molecule has 21 heavy (non-hydrogen) atoms. The molecule has 0 unspecified atom stereocenters. The molecule has 6 heteroatoms. The average molecular weight is 284 g/mol. The Morgan fingerprint density at radius 1 is 1.19 bits per heavy atom. The first-order chi connectivity index (χ1) is 10.2. The SMILES string of the molecule is O=C(c1ccccc1)N1CCOc2ccc([N+](=O)[O-])cc21. The van der Waals surface area contributed by atoms with Gasteiger partial charge >= 0.3 is 0 Å². The summed E-state index contributed by atoms with van der Waals surface area (Å²) in [6.07, 6.45) is 0. The molecule has 1 heterocycles. The molecule has 0 N–H and O–H groups in total. The smallest absolute Gasteiger partial charge is 0.271 e. The molecule has 0 saturated carbocycles. The fourth-order valence-corrected chi connectivity index (χ4v) is 2.27. The molecule has 0 saturated heterocycles. The van der Waals surface area contributed by atoms with E-state index in [1.54, 1.807) is 24.3 Å². The van der Waals surface area contributed by atoms with Gasteiger partial charge in [0.15, 0.2) is 0 Å². The molecule has 2 aromatic rings. The number of ether oxygens (including phenoxy) is 1. The van der Waals surface area contributed by atoms with Crippen molar-refractivity contribution in [3.8, 4) is 5.75 Å². The van der Waals surface area contributed by atoms with Crippen LogP contribution >= 0.6 is 0 Å². The van der Waals surface area contributed by atoms with Gasteiger partial charge in [0.25, 0.3) is 11.6 Å². The summed E-state index contributed by atoms with van der Waals surface area (Å²) in [6.45, 7) is 0.727. The monoisotopic (exact) mass is 284 g/mol. The van der Waals surface area contributed by atoms with Crippen LogP contribution in [0.3, 0.4) is 0 Å². The summed E-state index contributed by atoms with van der Waals surface area (Å²) >= 11 is 0. The third-order valence-electron chi connectivity index (χ3n) is 3.28. The van der Waals surface area contributed by atoms with Crippen molar-refractivity contribution >= 4 is 17.3 Å². The number of hydrogen-bond donors (Lipinski definition) is 0. The van der Waals surface area contributed by atoms with Crippen molar-refractivity contribution in [1.82, 2.24) is 0 Å². The van der Waals surface area contributed by atoms with Gasteiger partial charge in [-0.15, -0.1) is 0 Å². The van der Waals surface area contributed by atoms with Gasteiger partial charge in [-0.2, -0.15) is 0 Å². The topological polar surface area (TPSA) is 72.7 Å². The molecule has 0 radical (unpaired) electrons. The first-order valence-corrected chi connectivity index (χ1v) is 6.45. The first-order valence-electron chi connectivity index (χ1n) is 6.45. The summed E-state index contributed by atoms with van der Waals surface area (Å²) < 4.78 is 5.46. The van der Waals surface area contributed by atoms with Crippen LogP contribution in [-0.4, -0.2) is 24.0 Å². The lowest BCUT2D eigenvalue weighted by molar-refractivity contribution is -0.384.